The summed E-state index contributed by atoms with van der Waals surface area (Å²) in [7, 11) is 0. The van der Waals surface area contributed by atoms with Crippen molar-refractivity contribution in [1.82, 2.24) is 0 Å². The summed E-state index contributed by atoms with van der Waals surface area (Å²) in [4.78, 5) is 0.673. The highest BCUT2D eigenvalue weighted by molar-refractivity contribution is 14.1. The van der Waals surface area contributed by atoms with Crippen molar-refractivity contribution in [3.63, 3.8) is 0 Å². The Morgan fingerprint density at radius 3 is 2.43 bits per heavy atom. The molecule has 1 aromatic carbocycles. The zero-order valence-electron chi connectivity index (χ0n) is 7.36. The van der Waals surface area contributed by atoms with Crippen molar-refractivity contribution in [1.29, 1.82) is 0 Å². The Hall–Kier alpha value is 0.0900. The second-order valence-electron chi connectivity index (χ2n) is 2.61. The molecule has 0 radical (unpaired) electrons. The van der Waals surface area contributed by atoms with Crippen LogP contribution in [-0.2, 0) is 6.18 Å². The molecule has 0 spiro atoms. The van der Waals surface area contributed by atoms with Gasteiger partial charge in [-0.2, -0.15) is 13.2 Å². The molecular formula is C9H8F3IS. The van der Waals surface area contributed by atoms with Crippen molar-refractivity contribution >= 4 is 34.4 Å². The van der Waals surface area contributed by atoms with Crippen LogP contribution in [0.5, 0.6) is 0 Å². The maximum absolute atomic E-state index is 12.4. The Bertz CT molecular complexity index is 322. The van der Waals surface area contributed by atoms with Gasteiger partial charge in [-0.3, -0.25) is 0 Å². The van der Waals surface area contributed by atoms with E-state index in [0.29, 0.717) is 8.47 Å². The molecular weight excluding hydrogens is 324 g/mol. The van der Waals surface area contributed by atoms with Gasteiger partial charge in [-0.05, 0) is 46.5 Å². The molecule has 0 nitrogen and oxygen atoms in total. The van der Waals surface area contributed by atoms with Crippen molar-refractivity contribution in [2.75, 3.05) is 5.75 Å². The van der Waals surface area contributed by atoms with Gasteiger partial charge >= 0.3 is 6.18 Å². The fraction of sp³-hybridized carbons (Fsp3) is 0.333. The summed E-state index contributed by atoms with van der Waals surface area (Å²) in [5, 5.41) is 0. The summed E-state index contributed by atoms with van der Waals surface area (Å²) >= 11 is 3.31. The first-order valence-corrected chi connectivity index (χ1v) is 6.00. The molecule has 1 aromatic rings. The predicted molar refractivity (Wildman–Crippen MR) is 60.6 cm³/mol. The van der Waals surface area contributed by atoms with E-state index in [9.17, 15) is 13.2 Å². The third-order valence-corrected chi connectivity index (χ3v) is 2.99. The highest BCUT2D eigenvalue weighted by Crippen LogP contribution is 2.33. The molecule has 0 aromatic heterocycles. The minimum Gasteiger partial charge on any atom is -0.166 e. The lowest BCUT2D eigenvalue weighted by molar-refractivity contribution is -0.137. The molecule has 0 unspecified atom stereocenters. The molecule has 0 fully saturated rings. The quantitative estimate of drug-likeness (QED) is 0.571. The van der Waals surface area contributed by atoms with Gasteiger partial charge in [0.1, 0.15) is 0 Å². The number of benzene rings is 1. The van der Waals surface area contributed by atoms with Crippen LogP contribution in [0, 0.1) is 3.57 Å². The number of thioether (sulfide) groups is 1. The van der Waals surface area contributed by atoms with Crippen LogP contribution in [0.3, 0.4) is 0 Å². The van der Waals surface area contributed by atoms with E-state index in [2.05, 4.69) is 0 Å². The van der Waals surface area contributed by atoms with Gasteiger partial charge in [0.2, 0.25) is 0 Å². The van der Waals surface area contributed by atoms with Crippen LogP contribution < -0.4 is 0 Å². The van der Waals surface area contributed by atoms with E-state index in [1.54, 1.807) is 6.07 Å². The lowest BCUT2D eigenvalue weighted by Crippen LogP contribution is -2.05. The van der Waals surface area contributed by atoms with Gasteiger partial charge in [0.15, 0.2) is 0 Å². The summed E-state index contributed by atoms with van der Waals surface area (Å²) in [5.41, 5.74) is -0.569. The molecule has 0 heterocycles. The van der Waals surface area contributed by atoms with E-state index in [-0.39, 0.29) is 0 Å². The fourth-order valence-corrected chi connectivity index (χ4v) is 2.61. The number of hydrogen-bond acceptors (Lipinski definition) is 1. The Morgan fingerprint density at radius 1 is 1.29 bits per heavy atom. The molecule has 0 saturated carbocycles. The summed E-state index contributed by atoms with van der Waals surface area (Å²) in [6.07, 6.45) is -4.25. The summed E-state index contributed by atoms with van der Waals surface area (Å²) < 4.78 is 37.7. The van der Waals surface area contributed by atoms with E-state index < -0.39 is 11.7 Å². The second kappa shape index (κ2) is 4.74. The first kappa shape index (κ1) is 12.2. The Kier molecular flexibility index (Phi) is 4.12. The Labute approximate surface area is 98.4 Å². The van der Waals surface area contributed by atoms with E-state index in [0.717, 1.165) is 11.8 Å². The van der Waals surface area contributed by atoms with Crippen LogP contribution in [0.4, 0.5) is 13.2 Å². The molecule has 0 saturated heterocycles. The molecule has 1 rings (SSSR count). The van der Waals surface area contributed by atoms with Gasteiger partial charge in [-0.25, -0.2) is 0 Å². The molecule has 0 bridgehead atoms. The second-order valence-corrected chi connectivity index (χ2v) is 5.19. The van der Waals surface area contributed by atoms with Crippen molar-refractivity contribution in [3.05, 3.63) is 27.3 Å². The first-order valence-electron chi connectivity index (χ1n) is 3.94. The molecule has 0 aliphatic heterocycles. The normalized spacial score (nSPS) is 11.8. The van der Waals surface area contributed by atoms with Crippen LogP contribution in [0.2, 0.25) is 0 Å². The average molecular weight is 332 g/mol. The van der Waals surface area contributed by atoms with Gasteiger partial charge < -0.3 is 0 Å². The van der Waals surface area contributed by atoms with Crippen LogP contribution >= 0.6 is 34.4 Å². The third-order valence-electron chi connectivity index (χ3n) is 1.51. The largest absolute Gasteiger partial charge is 0.416 e. The van der Waals surface area contributed by atoms with Gasteiger partial charge in [0.05, 0.1) is 5.56 Å². The number of hydrogen-bond donors (Lipinski definition) is 0. The van der Waals surface area contributed by atoms with Crippen molar-refractivity contribution in [2.24, 2.45) is 0 Å². The van der Waals surface area contributed by atoms with Gasteiger partial charge in [0, 0.05) is 8.47 Å². The third kappa shape index (κ3) is 3.34. The molecule has 0 aliphatic carbocycles. The van der Waals surface area contributed by atoms with Crippen molar-refractivity contribution in [2.45, 2.75) is 18.0 Å². The van der Waals surface area contributed by atoms with E-state index in [4.69, 9.17) is 0 Å². The SMILES string of the molecule is CCSc1cc(I)cc(C(F)(F)F)c1. The predicted octanol–water partition coefficient (Wildman–Crippen LogP) is 4.42. The first-order chi connectivity index (χ1) is 6.43. The highest BCUT2D eigenvalue weighted by atomic mass is 127. The number of rotatable bonds is 2. The van der Waals surface area contributed by atoms with E-state index in [1.807, 2.05) is 29.5 Å². The smallest absolute Gasteiger partial charge is 0.166 e. The number of alkyl halides is 3. The van der Waals surface area contributed by atoms with E-state index >= 15 is 0 Å². The zero-order chi connectivity index (χ0) is 10.8. The van der Waals surface area contributed by atoms with Gasteiger partial charge in [-0.1, -0.05) is 6.92 Å². The van der Waals surface area contributed by atoms with Crippen LogP contribution in [0.1, 0.15) is 12.5 Å². The lowest BCUT2D eigenvalue weighted by atomic mass is 10.2. The highest BCUT2D eigenvalue weighted by Gasteiger charge is 2.30. The fourth-order valence-electron chi connectivity index (χ4n) is 0.976. The maximum Gasteiger partial charge on any atom is 0.416 e. The number of halogens is 4. The minimum atomic E-state index is -4.25. The molecule has 5 heteroatoms. The molecule has 0 amide bonds. The molecule has 0 aliphatic rings. The van der Waals surface area contributed by atoms with Crippen LogP contribution in [0.15, 0.2) is 23.1 Å². The Morgan fingerprint density at radius 2 is 1.93 bits per heavy atom. The van der Waals surface area contributed by atoms with Crippen LogP contribution in [0.25, 0.3) is 0 Å². The monoisotopic (exact) mass is 332 g/mol. The van der Waals surface area contributed by atoms with Crippen molar-refractivity contribution in [3.8, 4) is 0 Å². The molecule has 0 N–H and O–H groups in total. The van der Waals surface area contributed by atoms with Crippen LogP contribution in [-0.4, -0.2) is 5.75 Å². The summed E-state index contributed by atoms with van der Waals surface area (Å²) in [6, 6.07) is 4.10. The molecule has 0 atom stereocenters. The maximum atomic E-state index is 12.4. The van der Waals surface area contributed by atoms with E-state index in [1.165, 1.54) is 17.8 Å². The lowest BCUT2D eigenvalue weighted by Gasteiger charge is -2.09. The summed E-state index contributed by atoms with van der Waals surface area (Å²) in [5.74, 6) is 0.775. The molecule has 14 heavy (non-hydrogen) atoms. The minimum absolute atomic E-state index is 0.569. The average Bonchev–Trinajstić information content (AvgIpc) is 2.02. The topological polar surface area (TPSA) is 0 Å². The van der Waals surface area contributed by atoms with Gasteiger partial charge in [0.25, 0.3) is 0 Å². The standard InChI is InChI=1S/C9H8F3IS/c1-2-14-8-4-6(9(10,11)12)3-7(13)5-8/h3-5H,2H2,1H3. The zero-order valence-corrected chi connectivity index (χ0v) is 10.3. The van der Waals surface area contributed by atoms with Gasteiger partial charge in [-0.15, -0.1) is 11.8 Å². The summed E-state index contributed by atoms with van der Waals surface area (Å²) in [6.45, 7) is 1.91. The molecule has 78 valence electrons. The Balaban J connectivity index is 3.07. The van der Waals surface area contributed by atoms with Crippen molar-refractivity contribution < 1.29 is 13.2 Å².